The van der Waals surface area contributed by atoms with Gasteiger partial charge in [-0.3, -0.25) is 0 Å². The van der Waals surface area contributed by atoms with E-state index >= 15 is 0 Å². The molecule has 1 aromatic heterocycles. The summed E-state index contributed by atoms with van der Waals surface area (Å²) in [6, 6.07) is 21.6. The first-order chi connectivity index (χ1) is 14.2. The Morgan fingerprint density at radius 1 is 0.966 bits per heavy atom. The van der Waals surface area contributed by atoms with E-state index in [0.717, 1.165) is 39.0 Å². The number of hydrogen-bond acceptors (Lipinski definition) is 4. The first-order valence-electron chi connectivity index (χ1n) is 9.35. The number of pyridine rings is 1. The largest absolute Gasteiger partial charge is 0.489 e. The normalized spacial score (nSPS) is 12.3. The Morgan fingerprint density at radius 3 is 2.72 bits per heavy atom. The van der Waals surface area contributed by atoms with Crippen molar-refractivity contribution >= 4 is 22.5 Å². The van der Waals surface area contributed by atoms with Crippen LogP contribution in [-0.4, -0.2) is 11.8 Å². The van der Waals surface area contributed by atoms with Crippen molar-refractivity contribution in [2.45, 2.75) is 13.5 Å². The Labute approximate surface area is 173 Å². The van der Waals surface area contributed by atoms with E-state index < -0.39 is 0 Å². The Hall–Kier alpha value is -3.24. The summed E-state index contributed by atoms with van der Waals surface area (Å²) in [4.78, 5) is 4.97. The molecule has 0 saturated heterocycles. The first kappa shape index (κ1) is 17.8. The van der Waals surface area contributed by atoms with Gasteiger partial charge in [-0.05, 0) is 36.8 Å². The molecule has 0 unspecified atom stereocenters. The van der Waals surface area contributed by atoms with Gasteiger partial charge in [-0.1, -0.05) is 48.0 Å². The summed E-state index contributed by atoms with van der Waals surface area (Å²) in [6.45, 7) is 2.66. The van der Waals surface area contributed by atoms with Crippen LogP contribution in [0.4, 0.5) is 0 Å². The zero-order chi connectivity index (χ0) is 19.8. The number of hydrogen-bond donors (Lipinski definition) is 0. The molecule has 144 valence electrons. The van der Waals surface area contributed by atoms with E-state index in [1.807, 2.05) is 48.5 Å². The van der Waals surface area contributed by atoms with Gasteiger partial charge in [0.2, 0.25) is 6.79 Å². The van der Waals surface area contributed by atoms with Crippen LogP contribution in [0.25, 0.3) is 22.2 Å². The monoisotopic (exact) mass is 403 g/mol. The minimum absolute atomic E-state index is 0.239. The van der Waals surface area contributed by atoms with E-state index in [2.05, 4.69) is 25.1 Å². The lowest BCUT2D eigenvalue weighted by Crippen LogP contribution is -2.01. The molecule has 0 spiro atoms. The minimum Gasteiger partial charge on any atom is -0.489 e. The quantitative estimate of drug-likeness (QED) is 0.408. The molecule has 0 N–H and O–H groups in total. The summed E-state index contributed by atoms with van der Waals surface area (Å²) in [6.07, 6.45) is 0. The van der Waals surface area contributed by atoms with Crippen LogP contribution in [-0.2, 0) is 6.61 Å². The van der Waals surface area contributed by atoms with Gasteiger partial charge in [0.25, 0.3) is 0 Å². The van der Waals surface area contributed by atoms with Gasteiger partial charge in [0.15, 0.2) is 11.5 Å². The molecule has 4 aromatic rings. The third-order valence-corrected chi connectivity index (χ3v) is 5.32. The van der Waals surface area contributed by atoms with E-state index in [-0.39, 0.29) is 6.79 Å². The molecule has 29 heavy (non-hydrogen) atoms. The smallest absolute Gasteiger partial charge is 0.231 e. The molecule has 0 atom stereocenters. The molecule has 4 nitrogen and oxygen atoms in total. The standard InChI is InChI=1S/C24H18ClNO3/c1-15-5-4-6-16-11-17(13-27-18-9-10-21-22(12-18)29-14-28-21)24(26-23(15)16)19-7-2-3-8-20(19)25/h2-12H,13-14H2,1H3. The second-order valence-corrected chi connectivity index (χ2v) is 7.33. The van der Waals surface area contributed by atoms with Crippen LogP contribution in [0.1, 0.15) is 11.1 Å². The lowest BCUT2D eigenvalue weighted by molar-refractivity contribution is 0.173. The summed E-state index contributed by atoms with van der Waals surface area (Å²) in [5.41, 5.74) is 4.78. The topological polar surface area (TPSA) is 40.6 Å². The highest BCUT2D eigenvalue weighted by molar-refractivity contribution is 6.33. The molecule has 0 fully saturated rings. The first-order valence-corrected chi connectivity index (χ1v) is 9.73. The maximum atomic E-state index is 6.49. The zero-order valence-corrected chi connectivity index (χ0v) is 16.6. The van der Waals surface area contributed by atoms with Crippen molar-refractivity contribution in [3.63, 3.8) is 0 Å². The van der Waals surface area contributed by atoms with Gasteiger partial charge in [-0.25, -0.2) is 4.98 Å². The second kappa shape index (κ2) is 7.30. The Kier molecular flexibility index (Phi) is 4.49. The summed E-state index contributed by atoms with van der Waals surface area (Å²) in [5.74, 6) is 2.14. The van der Waals surface area contributed by atoms with E-state index in [4.69, 9.17) is 30.8 Å². The van der Waals surface area contributed by atoms with E-state index in [9.17, 15) is 0 Å². The molecule has 0 amide bonds. The number of aryl methyl sites for hydroxylation is 1. The van der Waals surface area contributed by atoms with Crippen molar-refractivity contribution in [2.24, 2.45) is 0 Å². The molecule has 1 aliphatic heterocycles. The average Bonchev–Trinajstić information content (AvgIpc) is 3.20. The van der Waals surface area contributed by atoms with Crippen LogP contribution in [0.2, 0.25) is 5.02 Å². The number of rotatable bonds is 4. The third-order valence-electron chi connectivity index (χ3n) is 4.99. The summed E-state index contributed by atoms with van der Waals surface area (Å²) < 4.78 is 16.9. The summed E-state index contributed by atoms with van der Waals surface area (Å²) >= 11 is 6.49. The summed E-state index contributed by atoms with van der Waals surface area (Å²) in [7, 11) is 0. The number of nitrogens with zero attached hydrogens (tertiary/aromatic N) is 1. The predicted octanol–water partition coefficient (Wildman–Crippen LogP) is 6.17. The molecule has 3 aromatic carbocycles. The molecule has 0 bridgehead atoms. The van der Waals surface area contributed by atoms with Gasteiger partial charge in [-0.15, -0.1) is 0 Å². The fourth-order valence-corrected chi connectivity index (χ4v) is 3.74. The molecule has 0 aliphatic carbocycles. The molecular formula is C24H18ClNO3. The van der Waals surface area contributed by atoms with E-state index in [0.29, 0.717) is 23.1 Å². The fraction of sp³-hybridized carbons (Fsp3) is 0.125. The third kappa shape index (κ3) is 3.36. The molecule has 1 aliphatic rings. The number of para-hydroxylation sites is 1. The van der Waals surface area contributed by atoms with Crippen LogP contribution < -0.4 is 14.2 Å². The lowest BCUT2D eigenvalue weighted by atomic mass is 10.0. The number of ether oxygens (including phenoxy) is 3. The molecule has 5 heteroatoms. The van der Waals surface area contributed by atoms with Crippen molar-refractivity contribution in [3.05, 3.63) is 82.9 Å². The number of aromatic nitrogens is 1. The van der Waals surface area contributed by atoms with Crippen molar-refractivity contribution in [3.8, 4) is 28.5 Å². The molecule has 5 rings (SSSR count). The van der Waals surface area contributed by atoms with Gasteiger partial charge in [-0.2, -0.15) is 0 Å². The van der Waals surface area contributed by atoms with Gasteiger partial charge >= 0.3 is 0 Å². The summed E-state index contributed by atoms with van der Waals surface area (Å²) in [5, 5.41) is 1.74. The van der Waals surface area contributed by atoms with E-state index in [1.165, 1.54) is 0 Å². The highest BCUT2D eigenvalue weighted by atomic mass is 35.5. The van der Waals surface area contributed by atoms with Crippen LogP contribution >= 0.6 is 11.6 Å². The maximum absolute atomic E-state index is 6.49. The molecule has 2 heterocycles. The van der Waals surface area contributed by atoms with Crippen LogP contribution in [0.3, 0.4) is 0 Å². The number of fused-ring (bicyclic) bond motifs is 2. The Morgan fingerprint density at radius 2 is 1.83 bits per heavy atom. The zero-order valence-electron chi connectivity index (χ0n) is 15.8. The van der Waals surface area contributed by atoms with Gasteiger partial charge in [0, 0.05) is 27.6 Å². The molecular weight excluding hydrogens is 386 g/mol. The lowest BCUT2D eigenvalue weighted by Gasteiger charge is -2.14. The second-order valence-electron chi connectivity index (χ2n) is 6.93. The molecule has 0 saturated carbocycles. The SMILES string of the molecule is Cc1cccc2cc(COc3ccc4c(c3)OCO4)c(-c3ccccc3Cl)nc12. The van der Waals surface area contributed by atoms with Crippen molar-refractivity contribution < 1.29 is 14.2 Å². The van der Waals surface area contributed by atoms with Crippen molar-refractivity contribution in [1.82, 2.24) is 4.98 Å². The minimum atomic E-state index is 0.239. The van der Waals surface area contributed by atoms with Crippen molar-refractivity contribution in [2.75, 3.05) is 6.79 Å². The Balaban J connectivity index is 1.56. The van der Waals surface area contributed by atoms with Gasteiger partial charge in [0.05, 0.1) is 11.2 Å². The van der Waals surface area contributed by atoms with Crippen LogP contribution in [0, 0.1) is 6.92 Å². The highest BCUT2D eigenvalue weighted by Gasteiger charge is 2.16. The highest BCUT2D eigenvalue weighted by Crippen LogP contribution is 2.36. The fourth-order valence-electron chi connectivity index (χ4n) is 3.51. The van der Waals surface area contributed by atoms with Crippen LogP contribution in [0.15, 0.2) is 66.7 Å². The van der Waals surface area contributed by atoms with Crippen LogP contribution in [0.5, 0.6) is 17.2 Å². The Bertz CT molecular complexity index is 1220. The maximum Gasteiger partial charge on any atom is 0.231 e. The van der Waals surface area contributed by atoms with E-state index in [1.54, 1.807) is 0 Å². The molecule has 0 radical (unpaired) electrons. The number of benzene rings is 3. The van der Waals surface area contributed by atoms with Gasteiger partial charge < -0.3 is 14.2 Å². The predicted molar refractivity (Wildman–Crippen MR) is 114 cm³/mol. The average molecular weight is 404 g/mol. The van der Waals surface area contributed by atoms with Crippen molar-refractivity contribution in [1.29, 1.82) is 0 Å². The number of halogens is 1. The van der Waals surface area contributed by atoms with Gasteiger partial charge in [0.1, 0.15) is 12.4 Å².